The van der Waals surface area contributed by atoms with Crippen molar-refractivity contribution < 1.29 is 16.8 Å². The molecule has 1 aromatic rings. The van der Waals surface area contributed by atoms with Gasteiger partial charge in [0.25, 0.3) is 0 Å². The Hall–Kier alpha value is -0.970. The van der Waals surface area contributed by atoms with Crippen LogP contribution in [0.4, 0.5) is 0 Å². The van der Waals surface area contributed by atoms with E-state index in [9.17, 15) is 16.8 Å². The summed E-state index contributed by atoms with van der Waals surface area (Å²) in [5.74, 6) is 0. The number of hydrogen-bond acceptors (Lipinski definition) is 5. The van der Waals surface area contributed by atoms with E-state index in [1.165, 1.54) is 4.31 Å². The van der Waals surface area contributed by atoms with Crippen molar-refractivity contribution in [2.75, 3.05) is 19.3 Å². The second kappa shape index (κ2) is 5.59. The maximum absolute atomic E-state index is 12.4. The van der Waals surface area contributed by atoms with Crippen LogP contribution in [-0.2, 0) is 26.6 Å². The second-order valence-electron chi connectivity index (χ2n) is 5.91. The molecule has 0 amide bonds. The van der Waals surface area contributed by atoms with Crippen molar-refractivity contribution in [2.45, 2.75) is 37.1 Å². The summed E-state index contributed by atoms with van der Waals surface area (Å²) in [5, 5.41) is 4.01. The maximum Gasteiger partial charge on any atom is 0.217 e. The molecule has 0 bridgehead atoms. The van der Waals surface area contributed by atoms with Gasteiger partial charge < -0.3 is 0 Å². The molecule has 3 rings (SSSR count). The van der Waals surface area contributed by atoms with Gasteiger partial charge in [-0.1, -0.05) is 0 Å². The van der Waals surface area contributed by atoms with Crippen LogP contribution < -0.4 is 4.72 Å². The molecule has 8 nitrogen and oxygen atoms in total. The molecule has 0 saturated heterocycles. The van der Waals surface area contributed by atoms with Crippen LogP contribution in [0.3, 0.4) is 0 Å². The van der Waals surface area contributed by atoms with E-state index >= 15 is 0 Å². The Morgan fingerprint density at radius 2 is 2.05 bits per heavy atom. The Balaban J connectivity index is 1.75. The molecule has 1 unspecified atom stereocenters. The number of rotatable bonds is 6. The smallest absolute Gasteiger partial charge is 0.217 e. The molecule has 1 fully saturated rings. The lowest BCUT2D eigenvalue weighted by atomic mass is 10.1. The van der Waals surface area contributed by atoms with E-state index < -0.39 is 20.0 Å². The molecule has 2 heterocycles. The Morgan fingerprint density at radius 3 is 2.68 bits per heavy atom. The molecule has 1 aromatic heterocycles. The molecule has 0 aromatic carbocycles. The molecule has 1 N–H and O–H groups in total. The Bertz CT molecular complexity index is 752. The Morgan fingerprint density at radius 1 is 1.32 bits per heavy atom. The van der Waals surface area contributed by atoms with Gasteiger partial charge in [-0.25, -0.2) is 21.6 Å². The minimum atomic E-state index is -3.25. The predicted molar refractivity (Wildman–Crippen MR) is 81.1 cm³/mol. The summed E-state index contributed by atoms with van der Waals surface area (Å²) in [6.07, 6.45) is 4.73. The van der Waals surface area contributed by atoms with Crippen LogP contribution in [0.1, 0.15) is 31.0 Å². The third-order valence-electron chi connectivity index (χ3n) is 4.00. The predicted octanol–water partition coefficient (Wildman–Crippen LogP) is -0.329. The van der Waals surface area contributed by atoms with Gasteiger partial charge in [0.15, 0.2) is 0 Å². The van der Waals surface area contributed by atoms with Crippen LogP contribution in [0, 0.1) is 0 Å². The molecule has 2 aliphatic rings. The second-order valence-corrected chi connectivity index (χ2v) is 9.96. The van der Waals surface area contributed by atoms with E-state index in [1.54, 1.807) is 6.20 Å². The first kappa shape index (κ1) is 15.9. The van der Waals surface area contributed by atoms with Gasteiger partial charge in [-0.2, -0.15) is 9.40 Å². The average Bonchev–Trinajstić information content (AvgIpc) is 3.16. The van der Waals surface area contributed by atoms with E-state index in [-0.39, 0.29) is 17.8 Å². The summed E-state index contributed by atoms with van der Waals surface area (Å²) < 4.78 is 53.0. The number of sulfonamides is 2. The number of hydrogen-bond donors (Lipinski definition) is 1. The average molecular weight is 348 g/mol. The number of nitrogens with one attached hydrogen (secondary N) is 1. The van der Waals surface area contributed by atoms with Crippen molar-refractivity contribution >= 4 is 20.0 Å². The Kier molecular flexibility index (Phi) is 4.04. The van der Waals surface area contributed by atoms with Crippen molar-refractivity contribution in [1.82, 2.24) is 18.8 Å². The fourth-order valence-electron chi connectivity index (χ4n) is 2.75. The lowest BCUT2D eigenvalue weighted by molar-refractivity contribution is 0.255. The summed E-state index contributed by atoms with van der Waals surface area (Å²) in [6.45, 7) is 0.952. The van der Waals surface area contributed by atoms with E-state index in [4.69, 9.17) is 0 Å². The molecule has 124 valence electrons. The topological polar surface area (TPSA) is 101 Å². The molecular weight excluding hydrogens is 328 g/mol. The lowest BCUT2D eigenvalue weighted by Crippen LogP contribution is -2.43. The van der Waals surface area contributed by atoms with Gasteiger partial charge in [-0.05, 0) is 25.3 Å². The van der Waals surface area contributed by atoms with Crippen LogP contribution in [0.25, 0.3) is 0 Å². The zero-order valence-electron chi connectivity index (χ0n) is 12.3. The highest BCUT2D eigenvalue weighted by atomic mass is 32.2. The quantitative estimate of drug-likeness (QED) is 0.759. The lowest BCUT2D eigenvalue weighted by Gasteiger charge is -2.33. The molecule has 1 aliphatic heterocycles. The van der Waals surface area contributed by atoms with Gasteiger partial charge in [-0.3, -0.25) is 4.68 Å². The van der Waals surface area contributed by atoms with E-state index in [2.05, 4.69) is 9.82 Å². The highest BCUT2D eigenvalue weighted by molar-refractivity contribution is 7.90. The van der Waals surface area contributed by atoms with Gasteiger partial charge in [0.2, 0.25) is 20.0 Å². The molecule has 22 heavy (non-hydrogen) atoms. The summed E-state index contributed by atoms with van der Waals surface area (Å²) in [4.78, 5) is 0. The number of fused-ring (bicyclic) bond motifs is 1. The summed E-state index contributed by atoms with van der Waals surface area (Å²) >= 11 is 0. The molecule has 0 radical (unpaired) electrons. The van der Waals surface area contributed by atoms with Crippen molar-refractivity contribution in [3.05, 3.63) is 18.0 Å². The van der Waals surface area contributed by atoms with Crippen LogP contribution >= 0.6 is 0 Å². The summed E-state index contributed by atoms with van der Waals surface area (Å²) in [6, 6.07) is 1.66. The number of aromatic nitrogens is 2. The van der Waals surface area contributed by atoms with Gasteiger partial charge in [0.1, 0.15) is 0 Å². The SMILES string of the molecule is CS(=O)(=O)NCCC1CN(S(=O)(=O)C2CC2)Cc2ccnn21. The first-order valence-electron chi connectivity index (χ1n) is 7.23. The van der Waals surface area contributed by atoms with Crippen molar-refractivity contribution in [3.63, 3.8) is 0 Å². The van der Waals surface area contributed by atoms with E-state index in [0.717, 1.165) is 24.8 Å². The zero-order chi connectivity index (χ0) is 16.0. The van der Waals surface area contributed by atoms with Crippen LogP contribution in [0.5, 0.6) is 0 Å². The fourth-order valence-corrected chi connectivity index (χ4v) is 5.08. The molecule has 10 heteroatoms. The standard InChI is InChI=1S/C12H20N4O4S2/c1-21(17,18)14-7-5-11-9-15(22(19,20)12-2-3-12)8-10-4-6-13-16(10)11/h4,6,11-12,14H,2-3,5,7-9H2,1H3. The molecule has 1 aliphatic carbocycles. The van der Waals surface area contributed by atoms with Gasteiger partial charge >= 0.3 is 0 Å². The van der Waals surface area contributed by atoms with Crippen LogP contribution in [0.2, 0.25) is 0 Å². The third kappa shape index (κ3) is 3.34. The van der Waals surface area contributed by atoms with Gasteiger partial charge in [0, 0.05) is 19.3 Å². The van der Waals surface area contributed by atoms with Crippen LogP contribution in [0.15, 0.2) is 12.3 Å². The van der Waals surface area contributed by atoms with Gasteiger partial charge in [-0.15, -0.1) is 0 Å². The highest BCUT2D eigenvalue weighted by Crippen LogP contribution is 2.34. The van der Waals surface area contributed by atoms with Crippen molar-refractivity contribution in [3.8, 4) is 0 Å². The maximum atomic E-state index is 12.4. The highest BCUT2D eigenvalue weighted by Gasteiger charge is 2.42. The molecular formula is C12H20N4O4S2. The monoisotopic (exact) mass is 348 g/mol. The molecule has 1 atom stereocenters. The first-order valence-corrected chi connectivity index (χ1v) is 10.6. The van der Waals surface area contributed by atoms with E-state index in [0.29, 0.717) is 19.5 Å². The first-order chi connectivity index (χ1) is 10.3. The van der Waals surface area contributed by atoms with Crippen molar-refractivity contribution in [2.24, 2.45) is 0 Å². The largest absolute Gasteiger partial charge is 0.264 e. The van der Waals surface area contributed by atoms with Crippen LogP contribution in [-0.4, -0.2) is 55.5 Å². The minimum Gasteiger partial charge on any atom is -0.264 e. The normalized spacial score (nSPS) is 23.4. The van der Waals surface area contributed by atoms with Gasteiger partial charge in [0.05, 0.1) is 29.8 Å². The van der Waals surface area contributed by atoms with Crippen molar-refractivity contribution in [1.29, 1.82) is 0 Å². The fraction of sp³-hybridized carbons (Fsp3) is 0.750. The summed E-state index contributed by atoms with van der Waals surface area (Å²) in [5.41, 5.74) is 0.847. The molecule has 1 saturated carbocycles. The Labute approximate surface area is 130 Å². The third-order valence-corrected chi connectivity index (χ3v) is 7.04. The minimum absolute atomic E-state index is 0.151. The zero-order valence-corrected chi connectivity index (χ0v) is 14.0. The molecule has 0 spiro atoms. The number of nitrogens with zero attached hydrogens (tertiary/aromatic N) is 3. The van der Waals surface area contributed by atoms with E-state index in [1.807, 2.05) is 10.7 Å². The summed E-state index contributed by atoms with van der Waals surface area (Å²) in [7, 11) is -6.49.